The highest BCUT2D eigenvalue weighted by molar-refractivity contribution is 7.84. The molecule has 0 aromatic heterocycles. The van der Waals surface area contributed by atoms with Crippen molar-refractivity contribution in [2.75, 3.05) is 0 Å². The molecule has 4 rings (SSSR count). The molecule has 168 valence electrons. The summed E-state index contributed by atoms with van der Waals surface area (Å²) in [6, 6.07) is 3.92. The Bertz CT molecular complexity index is 1060. The number of nitrogens with two attached hydrogens (primary N) is 2. The minimum absolute atomic E-state index is 0.199. The number of rotatable bonds is 5. The second-order valence-corrected chi connectivity index (χ2v) is 11.5. The van der Waals surface area contributed by atoms with E-state index in [1.54, 1.807) is 0 Å². The van der Waals surface area contributed by atoms with Crippen LogP contribution in [-0.4, -0.2) is 22.9 Å². The summed E-state index contributed by atoms with van der Waals surface area (Å²) in [5.74, 6) is 1.51. The smallest absolute Gasteiger partial charge is 0.371 e. The number of fused-ring (bicyclic) bond motifs is 5. The fourth-order valence-electron chi connectivity index (χ4n) is 6.40. The predicted molar refractivity (Wildman–Crippen MR) is 112 cm³/mol. The van der Waals surface area contributed by atoms with E-state index in [1.807, 2.05) is 13.0 Å². The third-order valence-corrected chi connectivity index (χ3v) is 8.57. The second kappa shape index (κ2) is 7.44. The number of hydrogen-bond donors (Lipinski definition) is 2. The zero-order valence-electron chi connectivity index (χ0n) is 17.3. The standard InChI is InChI=1S/C20H30N2O6S2/c1-3-12-10-16-13(11-18(12)27-29(21,23)24)4-5-15-14(16)8-9-20(2)17(15)6-7-19(20)28-30(22,25)26/h10-11,14-15,17,19H,3-9H2,1-2H3,(H2,21,23,24)(H2,22,25,26). The first-order valence-electron chi connectivity index (χ1n) is 10.5. The van der Waals surface area contributed by atoms with Gasteiger partial charge in [0.15, 0.2) is 0 Å². The Morgan fingerprint density at radius 2 is 1.80 bits per heavy atom. The summed E-state index contributed by atoms with van der Waals surface area (Å²) in [6.07, 6.45) is 5.52. The molecule has 0 saturated heterocycles. The summed E-state index contributed by atoms with van der Waals surface area (Å²) in [5.41, 5.74) is 3.02. The molecular formula is C20H30N2O6S2. The van der Waals surface area contributed by atoms with Crippen LogP contribution in [0.1, 0.15) is 68.6 Å². The molecule has 0 aliphatic heterocycles. The van der Waals surface area contributed by atoms with Gasteiger partial charge in [-0.2, -0.15) is 22.0 Å². The molecule has 1 aromatic rings. The van der Waals surface area contributed by atoms with Crippen molar-refractivity contribution in [3.63, 3.8) is 0 Å². The maximum atomic E-state index is 11.5. The van der Waals surface area contributed by atoms with Crippen molar-refractivity contribution in [1.82, 2.24) is 0 Å². The highest BCUT2D eigenvalue weighted by Crippen LogP contribution is 2.61. The van der Waals surface area contributed by atoms with Gasteiger partial charge >= 0.3 is 20.6 Å². The molecule has 4 N–H and O–H groups in total. The zero-order chi connectivity index (χ0) is 21.9. The van der Waals surface area contributed by atoms with Crippen molar-refractivity contribution in [2.24, 2.45) is 27.5 Å². The van der Waals surface area contributed by atoms with Gasteiger partial charge in [-0.3, -0.25) is 4.18 Å². The summed E-state index contributed by atoms with van der Waals surface area (Å²) in [5, 5.41) is 10.3. The molecule has 0 heterocycles. The average Bonchev–Trinajstić information content (AvgIpc) is 2.94. The molecule has 5 unspecified atom stereocenters. The van der Waals surface area contributed by atoms with E-state index in [9.17, 15) is 16.8 Å². The van der Waals surface area contributed by atoms with Crippen LogP contribution in [0.25, 0.3) is 0 Å². The van der Waals surface area contributed by atoms with Gasteiger partial charge < -0.3 is 4.18 Å². The van der Waals surface area contributed by atoms with Crippen LogP contribution < -0.4 is 14.5 Å². The van der Waals surface area contributed by atoms with Crippen LogP contribution in [0.4, 0.5) is 0 Å². The summed E-state index contributed by atoms with van der Waals surface area (Å²) >= 11 is 0. The SMILES string of the molecule is CCc1cc2c(cc1OS(N)(=O)=O)CCC1C2CCC2(C)C(OS(N)(=O)=O)CCC12. The van der Waals surface area contributed by atoms with Gasteiger partial charge in [-0.25, -0.2) is 5.14 Å². The molecule has 1 aromatic carbocycles. The van der Waals surface area contributed by atoms with Crippen LogP contribution in [0.2, 0.25) is 0 Å². The molecule has 3 aliphatic carbocycles. The Hall–Kier alpha value is -1.20. The third-order valence-electron chi connectivity index (χ3n) is 7.66. The molecule has 0 radical (unpaired) electrons. The van der Waals surface area contributed by atoms with E-state index in [0.717, 1.165) is 43.2 Å². The van der Waals surface area contributed by atoms with E-state index in [1.165, 1.54) is 5.56 Å². The van der Waals surface area contributed by atoms with Gasteiger partial charge in [-0.1, -0.05) is 19.9 Å². The van der Waals surface area contributed by atoms with Crippen LogP contribution in [0, 0.1) is 17.3 Å². The van der Waals surface area contributed by atoms with E-state index in [0.29, 0.717) is 36.3 Å². The summed E-state index contributed by atoms with van der Waals surface area (Å²) < 4.78 is 56.3. The van der Waals surface area contributed by atoms with Crippen LogP contribution >= 0.6 is 0 Å². The van der Waals surface area contributed by atoms with Crippen LogP contribution in [0.5, 0.6) is 5.75 Å². The first kappa shape index (κ1) is 22.0. The lowest BCUT2D eigenvalue weighted by molar-refractivity contribution is -0.00803. The zero-order valence-corrected chi connectivity index (χ0v) is 19.0. The van der Waals surface area contributed by atoms with Crippen LogP contribution in [0.3, 0.4) is 0 Å². The van der Waals surface area contributed by atoms with Gasteiger partial charge in [-0.05, 0) is 90.9 Å². The summed E-state index contributed by atoms with van der Waals surface area (Å²) in [6.45, 7) is 4.11. The lowest BCUT2D eigenvalue weighted by Crippen LogP contribution is -2.45. The molecule has 0 amide bonds. The molecule has 2 fully saturated rings. The number of hydrogen-bond acceptors (Lipinski definition) is 6. The van der Waals surface area contributed by atoms with E-state index < -0.39 is 20.6 Å². The maximum Gasteiger partial charge on any atom is 0.380 e. The first-order chi connectivity index (χ1) is 13.9. The Kier molecular flexibility index (Phi) is 5.46. The molecule has 0 bridgehead atoms. The van der Waals surface area contributed by atoms with E-state index in [2.05, 4.69) is 13.0 Å². The van der Waals surface area contributed by atoms with Crippen LogP contribution in [-0.2, 0) is 37.6 Å². The van der Waals surface area contributed by atoms with Gasteiger partial charge in [0.1, 0.15) is 5.75 Å². The second-order valence-electron chi connectivity index (χ2n) is 9.20. The third kappa shape index (κ3) is 4.00. The highest BCUT2D eigenvalue weighted by atomic mass is 32.2. The van der Waals surface area contributed by atoms with Gasteiger partial charge in [0, 0.05) is 0 Å². The molecule has 5 atom stereocenters. The fraction of sp³-hybridized carbons (Fsp3) is 0.700. The minimum atomic E-state index is -4.07. The quantitative estimate of drug-likeness (QED) is 0.694. The highest BCUT2D eigenvalue weighted by Gasteiger charge is 2.56. The molecular weight excluding hydrogens is 428 g/mol. The normalized spacial score (nSPS) is 33.5. The van der Waals surface area contributed by atoms with Crippen molar-refractivity contribution < 1.29 is 25.2 Å². The van der Waals surface area contributed by atoms with E-state index >= 15 is 0 Å². The molecule has 8 nitrogen and oxygen atoms in total. The lowest BCUT2D eigenvalue weighted by atomic mass is 9.55. The summed E-state index contributed by atoms with van der Waals surface area (Å²) in [7, 11) is -8.05. The van der Waals surface area contributed by atoms with Crippen molar-refractivity contribution in [3.05, 3.63) is 28.8 Å². The van der Waals surface area contributed by atoms with Crippen molar-refractivity contribution >= 4 is 20.6 Å². The number of benzene rings is 1. The van der Waals surface area contributed by atoms with Crippen LogP contribution in [0.15, 0.2) is 12.1 Å². The van der Waals surface area contributed by atoms with Gasteiger partial charge in [0.2, 0.25) is 0 Å². The topological polar surface area (TPSA) is 139 Å². The Balaban J connectivity index is 1.65. The number of aryl methyl sites for hydroxylation is 2. The van der Waals surface area contributed by atoms with Gasteiger partial charge in [-0.15, -0.1) is 0 Å². The largest absolute Gasteiger partial charge is 0.380 e. The van der Waals surface area contributed by atoms with Gasteiger partial charge in [0.05, 0.1) is 6.10 Å². The Labute approximate surface area is 178 Å². The van der Waals surface area contributed by atoms with E-state index in [4.69, 9.17) is 18.6 Å². The first-order valence-corrected chi connectivity index (χ1v) is 13.4. The maximum absolute atomic E-state index is 11.5. The summed E-state index contributed by atoms with van der Waals surface area (Å²) in [4.78, 5) is 0. The Morgan fingerprint density at radius 3 is 2.43 bits per heavy atom. The van der Waals surface area contributed by atoms with Gasteiger partial charge in [0.25, 0.3) is 0 Å². The molecule has 10 heteroatoms. The fourth-order valence-corrected chi connectivity index (χ4v) is 7.44. The van der Waals surface area contributed by atoms with Crippen molar-refractivity contribution in [3.8, 4) is 5.75 Å². The molecule has 2 saturated carbocycles. The lowest BCUT2D eigenvalue weighted by Gasteiger charge is -2.50. The van der Waals surface area contributed by atoms with Crippen molar-refractivity contribution in [1.29, 1.82) is 0 Å². The van der Waals surface area contributed by atoms with E-state index in [-0.39, 0.29) is 11.5 Å². The monoisotopic (exact) mass is 458 g/mol. The predicted octanol–water partition coefficient (Wildman–Crippen LogP) is 2.28. The van der Waals surface area contributed by atoms with Crippen molar-refractivity contribution in [2.45, 2.75) is 70.8 Å². The minimum Gasteiger partial charge on any atom is -0.371 e. The molecule has 30 heavy (non-hydrogen) atoms. The Morgan fingerprint density at radius 1 is 1.07 bits per heavy atom. The average molecular weight is 459 g/mol. The molecule has 0 spiro atoms. The molecule has 3 aliphatic rings.